The molecule has 38 heavy (non-hydrogen) atoms. The van der Waals surface area contributed by atoms with Gasteiger partial charge < -0.3 is 20.5 Å². The average molecular weight is 536 g/mol. The van der Waals surface area contributed by atoms with Gasteiger partial charge in [0.1, 0.15) is 11.5 Å². The normalized spacial score (nSPS) is 17.9. The molecule has 2 unspecified atom stereocenters. The third-order valence-corrected chi connectivity index (χ3v) is 11.3. The molecule has 0 radical (unpaired) electrons. The van der Waals surface area contributed by atoms with Crippen LogP contribution in [0.1, 0.15) is 82.8 Å². The van der Waals surface area contributed by atoms with Crippen molar-refractivity contribution in [3.8, 4) is 22.6 Å². The van der Waals surface area contributed by atoms with Gasteiger partial charge in [0, 0.05) is 11.1 Å². The van der Waals surface area contributed by atoms with Crippen molar-refractivity contribution >= 4 is 12.7 Å². The Kier molecular flexibility index (Phi) is 8.14. The second kappa shape index (κ2) is 10.9. The first-order valence-electron chi connectivity index (χ1n) is 13.8. The summed E-state index contributed by atoms with van der Waals surface area (Å²) < 4.78 is 20.8. The van der Waals surface area contributed by atoms with Gasteiger partial charge in [0.25, 0.3) is 0 Å². The van der Waals surface area contributed by atoms with Crippen LogP contribution < -0.4 is 15.6 Å². The molecule has 0 bridgehead atoms. The zero-order chi connectivity index (χ0) is 27.7. The number of phenolic OH excluding ortho intramolecular Hbond substituents is 1. The molecule has 4 N–H and O–H groups in total. The van der Waals surface area contributed by atoms with E-state index in [0.717, 1.165) is 42.4 Å². The molecule has 0 saturated heterocycles. The number of aliphatic hydroxyl groups excluding tert-OH is 1. The second-order valence-electron chi connectivity index (χ2n) is 11.2. The monoisotopic (exact) mass is 535 g/mol. The molecule has 1 aliphatic heterocycles. The molecule has 204 valence electrons. The number of hydrogen-bond donors (Lipinski definition) is 3. The van der Waals surface area contributed by atoms with Gasteiger partial charge in [-0.3, -0.25) is 4.57 Å². The van der Waals surface area contributed by atoms with Crippen molar-refractivity contribution in [1.29, 1.82) is 0 Å². The quantitative estimate of drug-likeness (QED) is 0.234. The van der Waals surface area contributed by atoms with Gasteiger partial charge in [-0.15, -0.1) is 0 Å². The first kappa shape index (κ1) is 28.4. The maximum atomic E-state index is 14.7. The van der Waals surface area contributed by atoms with Crippen LogP contribution in [0.15, 0.2) is 60.7 Å². The fourth-order valence-corrected chi connectivity index (χ4v) is 7.64. The van der Waals surface area contributed by atoms with Gasteiger partial charge >= 0.3 is 7.37 Å². The lowest BCUT2D eigenvalue weighted by Gasteiger charge is -2.33. The van der Waals surface area contributed by atoms with Crippen molar-refractivity contribution in [2.24, 2.45) is 11.1 Å². The summed E-state index contributed by atoms with van der Waals surface area (Å²) in [6.45, 7) is 10.6. The second-order valence-corrected chi connectivity index (χ2v) is 13.6. The topological polar surface area (TPSA) is 92.8 Å². The van der Waals surface area contributed by atoms with Crippen molar-refractivity contribution in [3.05, 3.63) is 77.4 Å². The number of nitrogens with two attached hydrogens (primary N) is 1. The van der Waals surface area contributed by atoms with Crippen LogP contribution >= 0.6 is 7.37 Å². The summed E-state index contributed by atoms with van der Waals surface area (Å²) in [7, 11) is -3.79. The highest BCUT2D eigenvalue weighted by Gasteiger charge is 2.43. The molecule has 3 aromatic carbocycles. The fraction of sp³-hybridized carbons (Fsp3) is 0.438. The summed E-state index contributed by atoms with van der Waals surface area (Å²) in [6.07, 6.45) is 4.48. The van der Waals surface area contributed by atoms with Crippen molar-refractivity contribution in [2.45, 2.75) is 84.5 Å². The highest BCUT2D eigenvalue weighted by Crippen LogP contribution is 2.62. The van der Waals surface area contributed by atoms with E-state index in [0.29, 0.717) is 35.0 Å². The smallest absolute Gasteiger partial charge is 0.310 e. The van der Waals surface area contributed by atoms with Crippen molar-refractivity contribution in [3.63, 3.8) is 0 Å². The molecular weight excluding hydrogens is 493 g/mol. The van der Waals surface area contributed by atoms with Crippen LogP contribution in [0.4, 0.5) is 0 Å². The molecule has 0 aromatic heterocycles. The lowest BCUT2D eigenvalue weighted by atomic mass is 9.77. The Morgan fingerprint density at radius 1 is 0.868 bits per heavy atom. The highest BCUT2D eigenvalue weighted by atomic mass is 31.2. The van der Waals surface area contributed by atoms with Crippen LogP contribution in [-0.2, 0) is 17.4 Å². The van der Waals surface area contributed by atoms with E-state index in [2.05, 4.69) is 20.8 Å². The molecule has 0 aliphatic carbocycles. The van der Waals surface area contributed by atoms with Gasteiger partial charge in [0.15, 0.2) is 5.85 Å². The number of hydrogen-bond acceptors (Lipinski definition) is 5. The van der Waals surface area contributed by atoms with Gasteiger partial charge in [0.05, 0.1) is 5.30 Å². The summed E-state index contributed by atoms with van der Waals surface area (Å²) >= 11 is 0. The summed E-state index contributed by atoms with van der Waals surface area (Å²) in [5.74, 6) is -0.685. The Bertz CT molecular complexity index is 1300. The molecule has 0 fully saturated rings. The van der Waals surface area contributed by atoms with E-state index in [1.165, 1.54) is 0 Å². The predicted octanol–water partition coefficient (Wildman–Crippen LogP) is 7.47. The molecule has 1 heterocycles. The van der Waals surface area contributed by atoms with Crippen LogP contribution in [0.3, 0.4) is 0 Å². The van der Waals surface area contributed by atoms with Crippen LogP contribution in [0, 0.1) is 5.41 Å². The third kappa shape index (κ3) is 5.17. The molecule has 6 heteroatoms. The molecule has 0 spiro atoms. The van der Waals surface area contributed by atoms with E-state index in [1.54, 1.807) is 18.2 Å². The van der Waals surface area contributed by atoms with E-state index >= 15 is 0 Å². The van der Waals surface area contributed by atoms with Crippen molar-refractivity contribution in [1.82, 2.24) is 0 Å². The van der Waals surface area contributed by atoms with Crippen LogP contribution in [-0.4, -0.2) is 15.8 Å². The third-order valence-electron chi connectivity index (χ3n) is 8.84. The summed E-state index contributed by atoms with van der Waals surface area (Å²) in [5, 5.41) is 23.8. The number of rotatable bonds is 10. The minimum absolute atomic E-state index is 0.0230. The largest absolute Gasteiger partial charge is 0.507 e. The number of aromatic hydroxyl groups is 1. The first-order chi connectivity index (χ1) is 18.0. The Hall–Kier alpha value is -2.59. The SMILES string of the molecule is CCC(C)(CC)Cc1cc(C(O)P2(=O)Oc3ccccc3-c3ccccc32)cc(CC(N)(CC)CC)c1O. The Balaban J connectivity index is 1.87. The maximum absolute atomic E-state index is 14.7. The van der Waals surface area contributed by atoms with Gasteiger partial charge in [-0.05, 0) is 77.6 Å². The highest BCUT2D eigenvalue weighted by molar-refractivity contribution is 7.68. The number of phenols is 1. The number of benzene rings is 3. The Morgan fingerprint density at radius 3 is 2.03 bits per heavy atom. The zero-order valence-electron chi connectivity index (χ0n) is 23.3. The van der Waals surface area contributed by atoms with Gasteiger partial charge in [-0.25, -0.2) is 0 Å². The first-order valence-corrected chi connectivity index (χ1v) is 15.5. The maximum Gasteiger partial charge on any atom is 0.310 e. The Labute approximate surface area is 227 Å². The lowest BCUT2D eigenvalue weighted by Crippen LogP contribution is -2.40. The van der Waals surface area contributed by atoms with Crippen LogP contribution in [0.25, 0.3) is 11.1 Å². The molecule has 5 nitrogen and oxygen atoms in total. The summed E-state index contributed by atoms with van der Waals surface area (Å²) in [4.78, 5) is 0. The van der Waals surface area contributed by atoms with Gasteiger partial charge in [-0.2, -0.15) is 0 Å². The number of para-hydroxylation sites is 1. The molecule has 3 aromatic rings. The minimum atomic E-state index is -3.79. The number of aliphatic hydroxyl groups is 1. The lowest BCUT2D eigenvalue weighted by molar-refractivity contribution is 0.239. The molecule has 2 atom stereocenters. The van der Waals surface area contributed by atoms with E-state index in [-0.39, 0.29) is 11.2 Å². The van der Waals surface area contributed by atoms with E-state index in [4.69, 9.17) is 10.3 Å². The van der Waals surface area contributed by atoms with Crippen molar-refractivity contribution in [2.75, 3.05) is 0 Å². The number of fused-ring (bicyclic) bond motifs is 3. The van der Waals surface area contributed by atoms with E-state index in [9.17, 15) is 14.8 Å². The van der Waals surface area contributed by atoms with E-state index in [1.807, 2.05) is 56.3 Å². The average Bonchev–Trinajstić information content (AvgIpc) is 2.94. The molecule has 0 amide bonds. The van der Waals surface area contributed by atoms with Crippen LogP contribution in [0.5, 0.6) is 11.5 Å². The minimum Gasteiger partial charge on any atom is -0.507 e. The molecule has 4 rings (SSSR count). The molecule has 1 aliphatic rings. The molecule has 0 saturated carbocycles. The van der Waals surface area contributed by atoms with Gasteiger partial charge in [-0.1, -0.05) is 83.9 Å². The zero-order valence-corrected chi connectivity index (χ0v) is 24.2. The standard InChI is InChI=1S/C32H42NO4P/c1-6-31(5,7-2)20-23-18-22(19-24(29(23)34)21-32(33,8-3)9-4)30(35)38(36)28-17-13-11-15-26(28)25-14-10-12-16-27(25)37-38/h10-19,30,34-35H,6-9,20-21,33H2,1-5H3. The fourth-order valence-electron chi connectivity index (χ4n) is 5.36. The summed E-state index contributed by atoms with van der Waals surface area (Å²) in [6, 6.07) is 18.5. The van der Waals surface area contributed by atoms with E-state index < -0.39 is 18.8 Å². The predicted molar refractivity (Wildman–Crippen MR) is 156 cm³/mol. The molecular formula is C32H42NO4P. The van der Waals surface area contributed by atoms with Crippen LogP contribution in [0.2, 0.25) is 0 Å². The Morgan fingerprint density at radius 2 is 1.42 bits per heavy atom. The van der Waals surface area contributed by atoms with Crippen molar-refractivity contribution < 1.29 is 19.3 Å². The summed E-state index contributed by atoms with van der Waals surface area (Å²) in [5.41, 5.74) is 9.73. The van der Waals surface area contributed by atoms with Gasteiger partial charge in [0.2, 0.25) is 0 Å².